The number of ether oxygens (including phenoxy) is 1. The predicted octanol–water partition coefficient (Wildman–Crippen LogP) is 4.19. The van der Waals surface area contributed by atoms with E-state index in [4.69, 9.17) is 4.74 Å². The van der Waals surface area contributed by atoms with Crippen molar-refractivity contribution in [2.24, 2.45) is 5.92 Å². The fraction of sp³-hybridized carbons (Fsp3) is 0.250. The number of para-hydroxylation sites is 2. The lowest BCUT2D eigenvalue weighted by atomic mass is 10.1. The minimum Gasteiger partial charge on any atom is -0.457 e. The molecule has 2 amide bonds. The maximum atomic E-state index is 12.5. The average molecular weight is 383 g/mol. The first-order valence-electron chi connectivity index (χ1n) is 8.66. The fourth-order valence-electron chi connectivity index (χ4n) is 2.53. The molecule has 0 fully saturated rings. The number of carbonyl (C=O) groups excluding carboxylic acids is 2. The van der Waals surface area contributed by atoms with Gasteiger partial charge in [-0.05, 0) is 30.2 Å². The van der Waals surface area contributed by atoms with Crippen molar-refractivity contribution >= 4 is 39.2 Å². The third-order valence-electron chi connectivity index (χ3n) is 3.91. The second kappa shape index (κ2) is 8.64. The van der Waals surface area contributed by atoms with E-state index in [1.54, 1.807) is 12.1 Å². The molecule has 7 heteroatoms. The summed E-state index contributed by atoms with van der Waals surface area (Å²) in [6.07, 6.45) is 0. The molecule has 2 N–H and O–H groups in total. The van der Waals surface area contributed by atoms with Crippen molar-refractivity contribution in [1.29, 1.82) is 0 Å². The fourth-order valence-corrected chi connectivity index (χ4v) is 3.41. The molecule has 0 saturated carbocycles. The average Bonchev–Trinajstić information content (AvgIpc) is 3.08. The quantitative estimate of drug-likeness (QED) is 0.626. The first kappa shape index (κ1) is 18.8. The van der Waals surface area contributed by atoms with Gasteiger partial charge in [-0.3, -0.25) is 0 Å². The second-order valence-electron chi connectivity index (χ2n) is 6.37. The summed E-state index contributed by atoms with van der Waals surface area (Å²) in [5.41, 5.74) is 1.54. The van der Waals surface area contributed by atoms with E-state index in [0.29, 0.717) is 5.69 Å². The number of aromatic nitrogens is 1. The van der Waals surface area contributed by atoms with Crippen molar-refractivity contribution < 1.29 is 14.3 Å². The minimum absolute atomic E-state index is 0.0867. The van der Waals surface area contributed by atoms with Crippen molar-refractivity contribution in [3.63, 3.8) is 0 Å². The van der Waals surface area contributed by atoms with Crippen molar-refractivity contribution in [3.8, 4) is 0 Å². The molecule has 3 aromatic rings. The lowest BCUT2D eigenvalue weighted by Gasteiger charge is -2.20. The van der Waals surface area contributed by atoms with E-state index in [1.807, 2.05) is 56.3 Å². The number of rotatable bonds is 6. The molecule has 1 atom stereocenters. The van der Waals surface area contributed by atoms with Crippen molar-refractivity contribution in [3.05, 3.63) is 59.6 Å². The van der Waals surface area contributed by atoms with E-state index in [1.165, 1.54) is 11.3 Å². The highest BCUT2D eigenvalue weighted by molar-refractivity contribution is 7.18. The Balaban J connectivity index is 1.58. The van der Waals surface area contributed by atoms with Crippen LogP contribution in [0.25, 0.3) is 10.2 Å². The summed E-state index contributed by atoms with van der Waals surface area (Å²) < 4.78 is 6.44. The molecule has 1 heterocycles. The van der Waals surface area contributed by atoms with Crippen LogP contribution in [0.4, 0.5) is 10.5 Å². The maximum absolute atomic E-state index is 12.5. The number of fused-ring (bicyclic) bond motifs is 1. The summed E-state index contributed by atoms with van der Waals surface area (Å²) >= 11 is 1.49. The van der Waals surface area contributed by atoms with Gasteiger partial charge in [0, 0.05) is 5.69 Å². The highest BCUT2D eigenvalue weighted by Gasteiger charge is 2.26. The van der Waals surface area contributed by atoms with Crippen molar-refractivity contribution in [1.82, 2.24) is 10.3 Å². The number of benzene rings is 2. The molecular formula is C20H21N3O3S. The van der Waals surface area contributed by atoms with Crippen LogP contribution >= 0.6 is 11.3 Å². The Morgan fingerprint density at radius 1 is 1.07 bits per heavy atom. The number of nitrogens with zero attached hydrogens (tertiary/aromatic N) is 1. The van der Waals surface area contributed by atoms with Gasteiger partial charge in [0.05, 0.1) is 10.2 Å². The van der Waals surface area contributed by atoms with Crippen LogP contribution in [0, 0.1) is 5.92 Å². The van der Waals surface area contributed by atoms with Gasteiger partial charge in [-0.2, -0.15) is 0 Å². The topological polar surface area (TPSA) is 80.3 Å². The van der Waals surface area contributed by atoms with Gasteiger partial charge in [0.2, 0.25) is 0 Å². The van der Waals surface area contributed by atoms with E-state index >= 15 is 0 Å². The number of esters is 1. The number of hydrogen-bond acceptors (Lipinski definition) is 5. The second-order valence-corrected chi connectivity index (χ2v) is 7.48. The number of hydrogen-bond donors (Lipinski definition) is 2. The van der Waals surface area contributed by atoms with Gasteiger partial charge in [-0.15, -0.1) is 11.3 Å². The lowest BCUT2D eigenvalue weighted by molar-refractivity contribution is -0.148. The van der Waals surface area contributed by atoms with E-state index in [2.05, 4.69) is 15.6 Å². The van der Waals surface area contributed by atoms with Crippen LogP contribution in [-0.2, 0) is 16.1 Å². The van der Waals surface area contributed by atoms with E-state index < -0.39 is 18.0 Å². The Morgan fingerprint density at radius 3 is 2.48 bits per heavy atom. The normalized spacial score (nSPS) is 12.0. The molecule has 140 valence electrons. The summed E-state index contributed by atoms with van der Waals surface area (Å²) in [6.45, 7) is 3.79. The summed E-state index contributed by atoms with van der Waals surface area (Å²) in [4.78, 5) is 29.1. The Morgan fingerprint density at radius 2 is 1.78 bits per heavy atom. The zero-order chi connectivity index (χ0) is 19.2. The maximum Gasteiger partial charge on any atom is 0.329 e. The van der Waals surface area contributed by atoms with Crippen LogP contribution in [0.15, 0.2) is 54.6 Å². The zero-order valence-corrected chi connectivity index (χ0v) is 16.0. The minimum atomic E-state index is -0.747. The number of anilines is 1. The molecule has 0 unspecified atom stereocenters. The molecule has 0 aliphatic rings. The van der Waals surface area contributed by atoms with Crippen molar-refractivity contribution in [2.75, 3.05) is 5.32 Å². The molecule has 6 nitrogen and oxygen atoms in total. The third kappa shape index (κ3) is 5.04. The number of thiazole rings is 1. The smallest absolute Gasteiger partial charge is 0.329 e. The predicted molar refractivity (Wildman–Crippen MR) is 107 cm³/mol. The first-order valence-corrected chi connectivity index (χ1v) is 9.48. The highest BCUT2D eigenvalue weighted by atomic mass is 32.1. The van der Waals surface area contributed by atoms with Gasteiger partial charge in [0.25, 0.3) is 0 Å². The molecular weight excluding hydrogens is 362 g/mol. The van der Waals surface area contributed by atoms with Crippen LogP contribution in [-0.4, -0.2) is 23.0 Å². The van der Waals surface area contributed by atoms with Crippen molar-refractivity contribution in [2.45, 2.75) is 26.5 Å². The van der Waals surface area contributed by atoms with E-state index in [-0.39, 0.29) is 12.5 Å². The lowest BCUT2D eigenvalue weighted by Crippen LogP contribution is -2.47. The van der Waals surface area contributed by atoms with Gasteiger partial charge >= 0.3 is 12.0 Å². The molecule has 3 rings (SSSR count). The Kier molecular flexibility index (Phi) is 6.03. The van der Waals surface area contributed by atoms with Crippen LogP contribution in [0.5, 0.6) is 0 Å². The standard InChI is InChI=1S/C20H21N3O3S/c1-13(2)18(23-20(25)21-14-8-4-3-5-9-14)19(24)26-12-17-22-15-10-6-7-11-16(15)27-17/h3-11,13,18H,12H2,1-2H3,(H2,21,23,25)/t18-/m0/s1. The number of amides is 2. The highest BCUT2D eigenvalue weighted by Crippen LogP contribution is 2.22. The van der Waals surface area contributed by atoms with Gasteiger partial charge in [-0.1, -0.05) is 44.2 Å². The Hall–Kier alpha value is -2.93. The molecule has 1 aromatic heterocycles. The first-order chi connectivity index (χ1) is 13.0. The van der Waals surface area contributed by atoms with Crippen LogP contribution in [0.1, 0.15) is 18.9 Å². The van der Waals surface area contributed by atoms with Gasteiger partial charge < -0.3 is 15.4 Å². The SMILES string of the molecule is CC(C)[C@H](NC(=O)Nc1ccccc1)C(=O)OCc1nc2ccccc2s1. The van der Waals surface area contributed by atoms with Crippen LogP contribution < -0.4 is 10.6 Å². The Labute approximate surface area is 161 Å². The third-order valence-corrected chi connectivity index (χ3v) is 4.92. The van der Waals surface area contributed by atoms with E-state index in [9.17, 15) is 9.59 Å². The molecule has 0 radical (unpaired) electrons. The number of nitrogens with one attached hydrogen (secondary N) is 2. The molecule has 0 saturated heterocycles. The summed E-state index contributed by atoms with van der Waals surface area (Å²) in [5.74, 6) is -0.596. The zero-order valence-electron chi connectivity index (χ0n) is 15.1. The van der Waals surface area contributed by atoms with Crippen LogP contribution in [0.3, 0.4) is 0 Å². The molecule has 0 spiro atoms. The molecule has 0 bridgehead atoms. The molecule has 27 heavy (non-hydrogen) atoms. The molecule has 0 aliphatic heterocycles. The Bertz CT molecular complexity index is 891. The molecule has 0 aliphatic carbocycles. The van der Waals surface area contributed by atoms with Gasteiger partial charge in [0.15, 0.2) is 0 Å². The van der Waals surface area contributed by atoms with E-state index in [0.717, 1.165) is 15.2 Å². The summed E-state index contributed by atoms with van der Waals surface area (Å²) in [6, 6.07) is 15.6. The summed E-state index contributed by atoms with van der Waals surface area (Å²) in [7, 11) is 0. The van der Waals surface area contributed by atoms with Crippen LogP contribution in [0.2, 0.25) is 0 Å². The number of carbonyl (C=O) groups is 2. The van der Waals surface area contributed by atoms with Gasteiger partial charge in [0.1, 0.15) is 17.7 Å². The number of urea groups is 1. The monoisotopic (exact) mass is 383 g/mol. The summed E-state index contributed by atoms with van der Waals surface area (Å²) in [5, 5.41) is 6.11. The largest absolute Gasteiger partial charge is 0.457 e. The van der Waals surface area contributed by atoms with Gasteiger partial charge in [-0.25, -0.2) is 14.6 Å². The molecule has 2 aromatic carbocycles.